The van der Waals surface area contributed by atoms with E-state index in [4.69, 9.17) is 0 Å². The van der Waals surface area contributed by atoms with Crippen molar-refractivity contribution in [1.29, 1.82) is 0 Å². The number of sulfonamides is 1. The minimum absolute atomic E-state index is 0.106. The van der Waals surface area contributed by atoms with Crippen molar-refractivity contribution in [3.05, 3.63) is 95.3 Å². The molecule has 0 spiro atoms. The predicted molar refractivity (Wildman–Crippen MR) is 125 cm³/mol. The SMILES string of the molecule is CC1Cc2ccccc2N1S(=O)(=O)c1cccc(C(=O)N(Cc2ccc(F)cc2)C2CC2)c1. The van der Waals surface area contributed by atoms with Crippen LogP contribution in [0.15, 0.2) is 77.7 Å². The number of para-hydroxylation sites is 1. The Kier molecular flexibility index (Phi) is 5.44. The van der Waals surface area contributed by atoms with Gasteiger partial charge < -0.3 is 4.90 Å². The second-order valence-electron chi connectivity index (χ2n) is 8.80. The van der Waals surface area contributed by atoms with Crippen LogP contribution in [0.1, 0.15) is 41.3 Å². The Morgan fingerprint density at radius 2 is 1.76 bits per heavy atom. The van der Waals surface area contributed by atoms with Gasteiger partial charge in [-0.1, -0.05) is 36.4 Å². The molecule has 1 saturated carbocycles. The van der Waals surface area contributed by atoms with E-state index in [1.54, 1.807) is 35.2 Å². The van der Waals surface area contributed by atoms with E-state index in [-0.39, 0.29) is 28.7 Å². The number of nitrogens with zero attached hydrogens (tertiary/aromatic N) is 2. The number of halogens is 1. The molecule has 5 nitrogen and oxygen atoms in total. The summed E-state index contributed by atoms with van der Waals surface area (Å²) in [5.74, 6) is -0.535. The first-order valence-corrected chi connectivity index (χ1v) is 12.6. The van der Waals surface area contributed by atoms with Crippen LogP contribution in [0, 0.1) is 5.82 Å². The van der Waals surface area contributed by atoms with Crippen LogP contribution in [0.2, 0.25) is 0 Å². The van der Waals surface area contributed by atoms with Crippen LogP contribution in [-0.2, 0) is 23.0 Å². The molecule has 0 N–H and O–H groups in total. The minimum atomic E-state index is -3.83. The largest absolute Gasteiger partial charge is 0.331 e. The molecule has 3 aromatic rings. The molecule has 1 unspecified atom stereocenters. The number of carbonyl (C=O) groups excluding carboxylic acids is 1. The van der Waals surface area contributed by atoms with Gasteiger partial charge in [0.25, 0.3) is 15.9 Å². The van der Waals surface area contributed by atoms with Crippen molar-refractivity contribution in [2.45, 2.75) is 49.7 Å². The van der Waals surface area contributed by atoms with E-state index < -0.39 is 10.0 Å². The maximum Gasteiger partial charge on any atom is 0.264 e. The number of hydrogen-bond acceptors (Lipinski definition) is 3. The number of amides is 1. The third kappa shape index (κ3) is 4.13. The highest BCUT2D eigenvalue weighted by Crippen LogP contribution is 2.37. The molecule has 1 aliphatic heterocycles. The van der Waals surface area contributed by atoms with Crippen LogP contribution in [0.4, 0.5) is 10.1 Å². The summed E-state index contributed by atoms with van der Waals surface area (Å²) in [5.41, 5.74) is 2.87. The quantitative estimate of drug-likeness (QED) is 0.528. The first kappa shape index (κ1) is 21.6. The Balaban J connectivity index is 1.45. The standard InChI is InChI=1S/C26H25FN2O3S/c1-18-15-20-5-2-3-8-25(20)29(18)33(31,32)24-7-4-6-21(16-24)26(30)28(23-13-14-23)17-19-9-11-22(27)12-10-19/h2-12,16,18,23H,13-15,17H2,1H3. The summed E-state index contributed by atoms with van der Waals surface area (Å²) in [5, 5.41) is 0. The van der Waals surface area contributed by atoms with Gasteiger partial charge in [0, 0.05) is 24.2 Å². The zero-order valence-corrected chi connectivity index (χ0v) is 19.1. The fourth-order valence-corrected chi connectivity index (χ4v) is 6.25. The molecule has 0 aromatic heterocycles. The van der Waals surface area contributed by atoms with E-state index in [9.17, 15) is 17.6 Å². The monoisotopic (exact) mass is 464 g/mol. The fraction of sp³-hybridized carbons (Fsp3) is 0.269. The van der Waals surface area contributed by atoms with Crippen LogP contribution in [-0.4, -0.2) is 31.3 Å². The second-order valence-corrected chi connectivity index (χ2v) is 10.6. The van der Waals surface area contributed by atoms with Crippen molar-refractivity contribution in [3.63, 3.8) is 0 Å². The topological polar surface area (TPSA) is 57.7 Å². The Bertz CT molecular complexity index is 1300. The molecule has 5 rings (SSSR count). The van der Waals surface area contributed by atoms with Crippen molar-refractivity contribution >= 4 is 21.6 Å². The molecule has 0 radical (unpaired) electrons. The van der Waals surface area contributed by atoms with Gasteiger partial charge in [0.2, 0.25) is 0 Å². The number of fused-ring (bicyclic) bond motifs is 1. The first-order valence-electron chi connectivity index (χ1n) is 11.1. The van der Waals surface area contributed by atoms with E-state index in [0.717, 1.165) is 24.0 Å². The fourth-order valence-electron chi connectivity index (χ4n) is 4.51. The van der Waals surface area contributed by atoms with Crippen molar-refractivity contribution < 1.29 is 17.6 Å². The molecule has 1 heterocycles. The molecule has 7 heteroatoms. The van der Waals surface area contributed by atoms with Crippen molar-refractivity contribution in [3.8, 4) is 0 Å². The maximum atomic E-state index is 13.6. The van der Waals surface area contributed by atoms with Crippen LogP contribution < -0.4 is 4.31 Å². The lowest BCUT2D eigenvalue weighted by Gasteiger charge is -2.25. The smallest absolute Gasteiger partial charge is 0.264 e. The summed E-state index contributed by atoms with van der Waals surface area (Å²) in [6.07, 6.45) is 2.47. The third-order valence-corrected chi connectivity index (χ3v) is 8.22. The Labute approximate surface area is 193 Å². The zero-order chi connectivity index (χ0) is 23.2. The van der Waals surface area contributed by atoms with E-state index in [0.29, 0.717) is 24.2 Å². The van der Waals surface area contributed by atoms with Gasteiger partial charge in [-0.25, -0.2) is 12.8 Å². The number of carbonyl (C=O) groups is 1. The molecule has 2 aliphatic rings. The molecule has 3 aromatic carbocycles. The number of rotatable bonds is 6. The Hall–Kier alpha value is -3.19. The molecule has 0 bridgehead atoms. The molecular formula is C26H25FN2O3S. The van der Waals surface area contributed by atoms with Crippen molar-refractivity contribution in [2.75, 3.05) is 4.31 Å². The highest BCUT2D eigenvalue weighted by Gasteiger charge is 2.37. The second kappa shape index (κ2) is 8.30. The molecular weight excluding hydrogens is 439 g/mol. The van der Waals surface area contributed by atoms with E-state index >= 15 is 0 Å². The van der Waals surface area contributed by atoms with Crippen molar-refractivity contribution in [2.24, 2.45) is 0 Å². The van der Waals surface area contributed by atoms with E-state index in [1.165, 1.54) is 22.5 Å². The molecule has 33 heavy (non-hydrogen) atoms. The summed E-state index contributed by atoms with van der Waals surface area (Å²) in [6.45, 7) is 2.25. The molecule has 1 aliphatic carbocycles. The number of hydrogen-bond donors (Lipinski definition) is 0. The first-order chi connectivity index (χ1) is 15.8. The average Bonchev–Trinajstić information content (AvgIpc) is 3.59. The van der Waals surface area contributed by atoms with Crippen molar-refractivity contribution in [1.82, 2.24) is 4.90 Å². The summed E-state index contributed by atoms with van der Waals surface area (Å²) in [6, 6.07) is 19.8. The third-order valence-electron chi connectivity index (χ3n) is 6.30. The van der Waals surface area contributed by atoms with Gasteiger partial charge >= 0.3 is 0 Å². The Morgan fingerprint density at radius 1 is 1.03 bits per heavy atom. The van der Waals surface area contributed by atoms with Gasteiger partial charge in [-0.3, -0.25) is 9.10 Å². The van der Waals surface area contributed by atoms with Crippen LogP contribution >= 0.6 is 0 Å². The number of benzene rings is 3. The predicted octanol–water partition coefficient (Wildman–Crippen LogP) is 4.77. The average molecular weight is 465 g/mol. The molecule has 0 saturated heterocycles. The lowest BCUT2D eigenvalue weighted by Crippen LogP contribution is -2.36. The van der Waals surface area contributed by atoms with Gasteiger partial charge in [0.1, 0.15) is 5.82 Å². The lowest BCUT2D eigenvalue weighted by molar-refractivity contribution is 0.0729. The number of anilines is 1. The van der Waals surface area contributed by atoms with Gasteiger partial charge in [0.15, 0.2) is 0 Å². The molecule has 170 valence electrons. The highest BCUT2D eigenvalue weighted by atomic mass is 32.2. The van der Waals surface area contributed by atoms with E-state index in [1.807, 2.05) is 31.2 Å². The molecule has 1 atom stereocenters. The van der Waals surface area contributed by atoms with Gasteiger partial charge in [-0.05, 0) is 73.7 Å². The minimum Gasteiger partial charge on any atom is -0.331 e. The normalized spacial score (nSPS) is 17.6. The lowest BCUT2D eigenvalue weighted by atomic mass is 10.1. The van der Waals surface area contributed by atoms with Crippen LogP contribution in [0.5, 0.6) is 0 Å². The van der Waals surface area contributed by atoms with Gasteiger partial charge in [-0.2, -0.15) is 0 Å². The highest BCUT2D eigenvalue weighted by molar-refractivity contribution is 7.92. The van der Waals surface area contributed by atoms with Gasteiger partial charge in [-0.15, -0.1) is 0 Å². The zero-order valence-electron chi connectivity index (χ0n) is 18.3. The van der Waals surface area contributed by atoms with E-state index in [2.05, 4.69) is 0 Å². The summed E-state index contributed by atoms with van der Waals surface area (Å²) >= 11 is 0. The maximum absolute atomic E-state index is 13.6. The summed E-state index contributed by atoms with van der Waals surface area (Å²) < 4.78 is 41.9. The molecule has 1 fully saturated rings. The summed E-state index contributed by atoms with van der Waals surface area (Å²) in [4.78, 5) is 15.3. The van der Waals surface area contributed by atoms with Crippen LogP contribution in [0.25, 0.3) is 0 Å². The Morgan fingerprint density at radius 3 is 2.48 bits per heavy atom. The van der Waals surface area contributed by atoms with Gasteiger partial charge in [0.05, 0.1) is 10.6 Å². The summed E-state index contributed by atoms with van der Waals surface area (Å²) in [7, 11) is -3.83. The van der Waals surface area contributed by atoms with Crippen LogP contribution in [0.3, 0.4) is 0 Å². The molecule has 1 amide bonds.